The van der Waals surface area contributed by atoms with Gasteiger partial charge in [0.15, 0.2) is 5.82 Å². The van der Waals surface area contributed by atoms with Crippen molar-refractivity contribution in [3.8, 4) is 0 Å². The summed E-state index contributed by atoms with van der Waals surface area (Å²) in [5.41, 5.74) is 7.71. The molecule has 0 amide bonds. The topological polar surface area (TPSA) is 129 Å². The smallest absolute Gasteiger partial charge is 0.212 e. The van der Waals surface area contributed by atoms with E-state index in [-0.39, 0.29) is 22.4 Å². The molecule has 9 nitrogen and oxygen atoms in total. The van der Waals surface area contributed by atoms with Crippen molar-refractivity contribution in [3.05, 3.63) is 30.1 Å². The average Bonchev–Trinajstić information content (AvgIpc) is 3.05. The third-order valence-electron chi connectivity index (χ3n) is 10.1. The van der Waals surface area contributed by atoms with Gasteiger partial charge in [-0.25, -0.2) is 23.1 Å². The first-order valence-electron chi connectivity index (χ1n) is 13.6. The van der Waals surface area contributed by atoms with Crippen LogP contribution in [-0.4, -0.2) is 54.8 Å². The number of fused-ring (bicyclic) bond motifs is 3. The highest BCUT2D eigenvalue weighted by atomic mass is 32.2. The lowest BCUT2D eigenvalue weighted by molar-refractivity contribution is -0.123. The van der Waals surface area contributed by atoms with Gasteiger partial charge in [-0.1, -0.05) is 32.0 Å². The van der Waals surface area contributed by atoms with Gasteiger partial charge in [0.25, 0.3) is 0 Å². The zero-order valence-corrected chi connectivity index (χ0v) is 23.2. The Balaban J connectivity index is 1.14. The Kier molecular flexibility index (Phi) is 5.90. The number of para-hydroxylation sites is 1. The van der Waals surface area contributed by atoms with Crippen molar-refractivity contribution < 1.29 is 17.9 Å². The van der Waals surface area contributed by atoms with E-state index in [0.29, 0.717) is 56.2 Å². The van der Waals surface area contributed by atoms with E-state index in [9.17, 15) is 13.2 Å². The number of Topliss-reactive ketones (excluding diaryl/α,β-unsaturated/α-hetero) is 1. The summed E-state index contributed by atoms with van der Waals surface area (Å²) in [6.45, 7) is 5.73. The number of nitrogens with zero attached hydrogens (tertiary/aromatic N) is 3. The molecule has 0 saturated heterocycles. The van der Waals surface area contributed by atoms with E-state index in [1.807, 2.05) is 24.3 Å². The lowest BCUT2D eigenvalue weighted by Gasteiger charge is -2.37. The van der Waals surface area contributed by atoms with Crippen LogP contribution in [0.3, 0.4) is 0 Å². The van der Waals surface area contributed by atoms with Gasteiger partial charge in [-0.15, -0.1) is 0 Å². The van der Waals surface area contributed by atoms with Crippen LogP contribution in [-0.2, 0) is 32.5 Å². The Morgan fingerprint density at radius 3 is 2.71 bits per heavy atom. The summed E-state index contributed by atoms with van der Waals surface area (Å²) in [4.78, 5) is 22.3. The number of aryl methyl sites for hydroxylation is 1. The van der Waals surface area contributed by atoms with Crippen LogP contribution in [0.15, 0.2) is 24.3 Å². The molecule has 3 saturated carbocycles. The molecular formula is C28H37N5O4S. The SMILES string of the molecule is COCCc1nc2c(N)nc3ccccc3c2n1CCCCNS(=O)(=O)C[C@@]12C(=O)CC3CCC31C2(C)C. The molecule has 3 N–H and O–H groups in total. The Bertz CT molecular complexity index is 1550. The van der Waals surface area contributed by atoms with Crippen LogP contribution in [0.1, 0.15) is 51.8 Å². The van der Waals surface area contributed by atoms with Crippen LogP contribution in [0, 0.1) is 22.2 Å². The summed E-state index contributed by atoms with van der Waals surface area (Å²) in [5, 5.41) is 0.990. The molecule has 2 aromatic heterocycles. The quantitative estimate of drug-likeness (QED) is 0.357. The maximum absolute atomic E-state index is 13.1. The molecule has 6 rings (SSSR count). The number of ether oxygens (including phenoxy) is 1. The minimum Gasteiger partial charge on any atom is -0.384 e. The van der Waals surface area contributed by atoms with Gasteiger partial charge in [-0.3, -0.25) is 4.79 Å². The van der Waals surface area contributed by atoms with Crippen LogP contribution in [0.25, 0.3) is 21.9 Å². The molecule has 3 aliphatic rings. The van der Waals surface area contributed by atoms with Crippen LogP contribution in [0.4, 0.5) is 5.82 Å². The Morgan fingerprint density at radius 2 is 2.00 bits per heavy atom. The number of ketones is 1. The van der Waals surface area contributed by atoms with Gasteiger partial charge in [0, 0.05) is 38.4 Å². The van der Waals surface area contributed by atoms with E-state index in [0.717, 1.165) is 41.5 Å². The van der Waals surface area contributed by atoms with Crippen molar-refractivity contribution >= 4 is 43.6 Å². The van der Waals surface area contributed by atoms with Crippen LogP contribution < -0.4 is 10.5 Å². The van der Waals surface area contributed by atoms with Gasteiger partial charge in [0.2, 0.25) is 10.0 Å². The van der Waals surface area contributed by atoms with E-state index < -0.39 is 15.4 Å². The summed E-state index contributed by atoms with van der Waals surface area (Å²) in [6.07, 6.45) is 4.64. The normalized spacial score (nSPS) is 27.4. The molecule has 38 heavy (non-hydrogen) atoms. The largest absolute Gasteiger partial charge is 0.384 e. The first kappa shape index (κ1) is 25.7. The number of hydrogen-bond acceptors (Lipinski definition) is 7. The number of carbonyl (C=O) groups excluding carboxylic acids is 1. The minimum absolute atomic E-state index is 0.0755. The molecule has 0 radical (unpaired) electrons. The third kappa shape index (κ3) is 3.35. The van der Waals surface area contributed by atoms with Crippen molar-refractivity contribution in [1.82, 2.24) is 19.3 Å². The van der Waals surface area contributed by atoms with E-state index in [4.69, 9.17) is 15.5 Å². The number of anilines is 1. The highest BCUT2D eigenvalue weighted by Gasteiger charge is 2.92. The summed E-state index contributed by atoms with van der Waals surface area (Å²) in [6, 6.07) is 7.89. The van der Waals surface area contributed by atoms with E-state index in [1.165, 1.54) is 0 Å². The average molecular weight is 540 g/mol. The van der Waals surface area contributed by atoms with Gasteiger partial charge in [0.05, 0.1) is 28.8 Å². The lowest BCUT2D eigenvalue weighted by atomic mass is 9.66. The minimum atomic E-state index is -3.57. The Labute approximate surface area is 223 Å². The number of hydrogen-bond donors (Lipinski definition) is 2. The fourth-order valence-electron chi connectivity index (χ4n) is 8.27. The van der Waals surface area contributed by atoms with Crippen LogP contribution >= 0.6 is 0 Å². The molecule has 2 heterocycles. The number of aromatic nitrogens is 3. The molecule has 0 aliphatic heterocycles. The molecule has 1 aromatic carbocycles. The van der Waals surface area contributed by atoms with E-state index in [1.54, 1.807) is 7.11 Å². The van der Waals surface area contributed by atoms with Crippen molar-refractivity contribution in [2.45, 2.75) is 58.9 Å². The van der Waals surface area contributed by atoms with Crippen molar-refractivity contribution in [2.24, 2.45) is 22.2 Å². The van der Waals surface area contributed by atoms with Gasteiger partial charge >= 0.3 is 0 Å². The fraction of sp³-hybridized carbons (Fsp3) is 0.607. The second-order valence-corrected chi connectivity index (χ2v) is 13.7. The number of unbranched alkanes of at least 4 members (excludes halogenated alkanes) is 1. The molecule has 1 spiro atoms. The maximum Gasteiger partial charge on any atom is 0.212 e. The molecule has 204 valence electrons. The van der Waals surface area contributed by atoms with Gasteiger partial charge in [-0.2, -0.15) is 0 Å². The predicted octanol–water partition coefficient (Wildman–Crippen LogP) is 3.45. The number of nitrogens with one attached hydrogen (secondary N) is 1. The summed E-state index contributed by atoms with van der Waals surface area (Å²) >= 11 is 0. The number of benzene rings is 1. The molecule has 0 bridgehead atoms. The van der Waals surface area contributed by atoms with Crippen LogP contribution in [0.2, 0.25) is 0 Å². The molecule has 10 heteroatoms. The molecule has 3 aliphatic carbocycles. The second-order valence-electron chi connectivity index (χ2n) is 11.9. The summed E-state index contributed by atoms with van der Waals surface area (Å²) in [5.74, 6) is 1.74. The Morgan fingerprint density at radius 1 is 1.21 bits per heavy atom. The first-order valence-corrected chi connectivity index (χ1v) is 15.3. The zero-order valence-electron chi connectivity index (χ0n) is 22.4. The highest BCUT2D eigenvalue weighted by Crippen LogP contribution is 2.91. The zero-order chi connectivity index (χ0) is 26.9. The van der Waals surface area contributed by atoms with Gasteiger partial charge in [0.1, 0.15) is 17.1 Å². The highest BCUT2D eigenvalue weighted by molar-refractivity contribution is 7.89. The number of nitrogens with two attached hydrogens (primary N) is 1. The Hall–Kier alpha value is -2.56. The van der Waals surface area contributed by atoms with Crippen molar-refractivity contribution in [2.75, 3.05) is 31.7 Å². The molecule has 3 fully saturated rings. The van der Waals surface area contributed by atoms with Gasteiger partial charge < -0.3 is 15.0 Å². The van der Waals surface area contributed by atoms with Gasteiger partial charge in [-0.05, 0) is 48.5 Å². The van der Waals surface area contributed by atoms with E-state index in [2.05, 4.69) is 28.1 Å². The van der Waals surface area contributed by atoms with Crippen LogP contribution in [0.5, 0.6) is 0 Å². The fourth-order valence-corrected chi connectivity index (χ4v) is 10.2. The molecule has 3 atom stereocenters. The lowest BCUT2D eigenvalue weighted by Crippen LogP contribution is -2.37. The maximum atomic E-state index is 13.1. The molecule has 2 unspecified atom stereocenters. The number of imidazole rings is 1. The predicted molar refractivity (Wildman–Crippen MR) is 147 cm³/mol. The number of pyridine rings is 1. The standard InChI is InChI=1S/C28H37N5O4S/c1-26(2)27-12-10-18(27)16-21(34)28(26,27)17-38(35,36)30-13-6-7-14-33-22(11-15-37-3)32-23-24(33)19-8-4-5-9-20(19)31-25(23)29/h4-5,8-9,18,30H,6-7,10-17H2,1-3H3,(H2,29,31)/t18?,27?,28-/m0/s1. The van der Waals surface area contributed by atoms with Crippen molar-refractivity contribution in [3.63, 3.8) is 0 Å². The second kappa shape index (κ2) is 8.72. The number of methoxy groups -OCH3 is 1. The number of rotatable bonds is 11. The number of carbonyl (C=O) groups is 1. The number of sulfonamides is 1. The van der Waals surface area contributed by atoms with E-state index >= 15 is 0 Å². The number of nitrogen functional groups attached to an aromatic ring is 1. The monoisotopic (exact) mass is 539 g/mol. The summed E-state index contributed by atoms with van der Waals surface area (Å²) < 4.78 is 36.5. The third-order valence-corrected chi connectivity index (χ3v) is 11.6. The molecule has 3 aromatic rings. The summed E-state index contributed by atoms with van der Waals surface area (Å²) in [7, 11) is -1.90. The van der Waals surface area contributed by atoms with Crippen molar-refractivity contribution in [1.29, 1.82) is 0 Å². The first-order chi connectivity index (χ1) is 18.1. The molecular weight excluding hydrogens is 502 g/mol.